The maximum atomic E-state index is 13.4. The first-order chi connectivity index (χ1) is 58.6. The van der Waals surface area contributed by atoms with Crippen molar-refractivity contribution >= 4 is 11.6 Å². The van der Waals surface area contributed by atoms with Crippen molar-refractivity contribution in [3.63, 3.8) is 0 Å². The van der Waals surface area contributed by atoms with E-state index in [1.807, 2.05) is 0 Å². The fourth-order valence-corrected chi connectivity index (χ4v) is 34.1. The molecule has 0 aromatic carbocycles. The van der Waals surface area contributed by atoms with Gasteiger partial charge in [0.05, 0.1) is 38.4 Å². The van der Waals surface area contributed by atoms with Crippen molar-refractivity contribution in [2.24, 2.45) is 170 Å². The number of methoxy groups -OCH3 is 1. The van der Waals surface area contributed by atoms with Gasteiger partial charge in [-0.15, -0.1) is 40.8 Å². The highest BCUT2D eigenvalue weighted by Gasteiger charge is 2.64. The largest absolute Gasteiger partial charge is 0.387 e. The number of allylic oxidation sites excluding steroid dienone is 4. The number of nitrogens with zero attached hydrogens (tertiary/aromatic N) is 16. The first-order valence-electron chi connectivity index (χ1n) is 48.5. The number of tetrazole rings is 4. The Hall–Kier alpha value is -5.69. The zero-order valence-electron chi connectivity index (χ0n) is 74.0. The molecule has 0 spiro atoms. The predicted molar refractivity (Wildman–Crippen MR) is 469 cm³/mol. The quantitative estimate of drug-likeness (QED) is 0.0636. The summed E-state index contributed by atoms with van der Waals surface area (Å²) < 4.78 is 32.1. The van der Waals surface area contributed by atoms with Crippen LogP contribution in [0.5, 0.6) is 0 Å². The van der Waals surface area contributed by atoms with Gasteiger partial charge in [-0.3, -0.25) is 0 Å². The first kappa shape index (κ1) is 89.3. The number of fused-ring (bicyclic) bond motifs is 20. The van der Waals surface area contributed by atoms with Gasteiger partial charge in [-0.1, -0.05) is 101 Å². The standard InChI is InChI=1S/C27H38N4O.C24H33ClN4O.C24H38N4O2.C23H34F2N4O.CH4/c1-18(16-31-29-17-28-30-31)24-7-8-25-23-6-5-20-15-27(32,13-9-19-3-4-19)14-11-21(20)22(23)10-12-26(24,25)2;1-16(14-29-27-15-26-28-29)21-5-6-22-20-4-3-17-13-24(30,11-12-25)10-8-18(17)19(20)7-9-23(21,22)2;1-16(13-28-26-15-25-27-28)21-6-7-22-20-5-4-17-12-24(29,14-30-3)11-9-18(17)19(20)8-10-23(21,22)2;1-14(12-29-27-13-26-28-29)19-5-6-20-18-4-3-15-11-23(30,21(24)25)10-8-16(15)17(18)7-9-22(19,20)2;/h17,19-25,32H,1,3-8,10-12,14-16H2,2H3;15,17-22,30H,1,3-10,13-14H2,2H3;15,17-22,29H,1,4-14H2,2-3H3;13,15-21,30H,1,3-12H2,2H3;1H4/t20-,21+,22-,23-,24-,25+,26-,27+;17-,18+,19-,20-,21-,22+,23-,24-;17-,18+,19-,20-,21-,22+,23-,24+;15-,16+,17-,18-,19-,20+,22-,23+;/m1111./s1. The second-order valence-corrected chi connectivity index (χ2v) is 45.0. The Kier molecular flexibility index (Phi) is 25.9. The van der Waals surface area contributed by atoms with E-state index in [0.29, 0.717) is 126 Å². The van der Waals surface area contributed by atoms with Gasteiger partial charge >= 0.3 is 0 Å². The Morgan fingerprint density at radius 2 is 0.699 bits per heavy atom. The van der Waals surface area contributed by atoms with Gasteiger partial charge in [0.15, 0.2) is 25.3 Å². The van der Waals surface area contributed by atoms with E-state index in [1.165, 1.54) is 215 Å². The number of rotatable bonds is 15. The molecule has 674 valence electrons. The summed E-state index contributed by atoms with van der Waals surface area (Å²) in [5.74, 6) is 27.1. The average molecular weight is 1710 g/mol. The van der Waals surface area contributed by atoms with Crippen LogP contribution in [0.15, 0.2) is 73.9 Å². The van der Waals surface area contributed by atoms with Gasteiger partial charge in [-0.25, -0.2) is 8.78 Å². The Morgan fingerprint density at radius 1 is 0.390 bits per heavy atom. The molecule has 4 aromatic rings. The second-order valence-electron chi connectivity index (χ2n) is 44.8. The monoisotopic (exact) mass is 1710 g/mol. The van der Waals surface area contributed by atoms with E-state index in [-0.39, 0.29) is 25.2 Å². The Morgan fingerprint density at radius 3 is 1.01 bits per heavy atom. The minimum atomic E-state index is -2.62. The van der Waals surface area contributed by atoms with E-state index in [2.05, 4.69) is 139 Å². The number of ether oxygens (including phenoxy) is 1. The van der Waals surface area contributed by atoms with Crippen LogP contribution in [0.4, 0.5) is 8.78 Å². The molecule has 4 heterocycles. The summed E-state index contributed by atoms with van der Waals surface area (Å²) in [6.07, 6.45) is 46.4. The van der Waals surface area contributed by atoms with E-state index in [4.69, 9.17) is 16.3 Å². The molecule has 0 radical (unpaired) electrons. The minimum Gasteiger partial charge on any atom is -0.387 e. The molecule has 21 rings (SSSR count). The number of hydrogen-bond acceptors (Lipinski definition) is 17. The fourth-order valence-electron chi connectivity index (χ4n) is 33.9. The maximum absolute atomic E-state index is 13.4. The summed E-state index contributed by atoms with van der Waals surface area (Å²) in [5.41, 5.74) is 2.53. The number of alkyl halides is 2. The highest BCUT2D eigenvalue weighted by Crippen LogP contribution is 2.71. The summed E-state index contributed by atoms with van der Waals surface area (Å²) in [6.45, 7) is 31.2. The van der Waals surface area contributed by atoms with Crippen LogP contribution >= 0.6 is 11.6 Å². The molecule has 32 atom stereocenters. The highest BCUT2D eigenvalue weighted by atomic mass is 35.5. The molecule has 17 aliphatic carbocycles. The van der Waals surface area contributed by atoms with Crippen LogP contribution < -0.4 is 0 Å². The van der Waals surface area contributed by atoms with Gasteiger partial charge in [-0.05, 0) is 440 Å². The normalized spacial score (nSPS) is 44.9. The maximum Gasteiger partial charge on any atom is 0.266 e. The lowest BCUT2D eigenvalue weighted by atomic mass is 9.48. The van der Waals surface area contributed by atoms with E-state index in [0.717, 1.165) is 135 Å². The van der Waals surface area contributed by atoms with Crippen LogP contribution in [-0.4, -0.2) is 144 Å². The summed E-state index contributed by atoms with van der Waals surface area (Å²) in [6, 6.07) is 0. The smallest absolute Gasteiger partial charge is 0.266 e. The first-order valence-corrected chi connectivity index (χ1v) is 48.9. The molecular weight excluding hydrogens is 1570 g/mol. The molecular formula is C99H147ClF2N16O5. The molecule has 24 heteroatoms. The van der Waals surface area contributed by atoms with Gasteiger partial charge in [0.25, 0.3) is 6.43 Å². The zero-order valence-corrected chi connectivity index (χ0v) is 74.8. The van der Waals surface area contributed by atoms with Crippen molar-refractivity contribution in [1.82, 2.24) is 80.8 Å². The Labute approximate surface area is 736 Å². The minimum absolute atomic E-state index is 0. The molecule has 123 heavy (non-hydrogen) atoms. The third-order valence-electron chi connectivity index (χ3n) is 39.3. The van der Waals surface area contributed by atoms with Crippen LogP contribution in [0.2, 0.25) is 0 Å². The molecule has 0 unspecified atom stereocenters. The molecule has 0 aliphatic heterocycles. The molecule has 0 amide bonds. The lowest BCUT2D eigenvalue weighted by Crippen LogP contribution is -2.52. The van der Waals surface area contributed by atoms with Gasteiger partial charge in [0.2, 0.25) is 0 Å². The molecule has 0 bridgehead atoms. The summed E-state index contributed by atoms with van der Waals surface area (Å²) in [5, 5.41) is 94.1. The number of aliphatic hydroxyl groups is 4. The van der Waals surface area contributed by atoms with Crippen molar-refractivity contribution < 1.29 is 33.9 Å². The summed E-state index contributed by atoms with van der Waals surface area (Å²) in [7, 11) is 1.71. The molecule has 4 N–H and O–H groups in total. The topological polar surface area (TPSA) is 265 Å². The fraction of sp³-hybridized carbons (Fsp3) is 0.838. The Bertz CT molecular complexity index is 4450. The third-order valence-corrected chi connectivity index (χ3v) is 39.4. The lowest BCUT2D eigenvalue weighted by Gasteiger charge is -2.57. The molecule has 17 saturated carbocycles. The zero-order chi connectivity index (χ0) is 84.9. The van der Waals surface area contributed by atoms with E-state index >= 15 is 0 Å². The Balaban J connectivity index is 0.000000116. The van der Waals surface area contributed by atoms with Crippen LogP contribution in [-0.2, 0) is 30.9 Å². The molecule has 17 aliphatic rings. The van der Waals surface area contributed by atoms with Gasteiger partial charge < -0.3 is 25.2 Å². The molecule has 17 fully saturated rings. The van der Waals surface area contributed by atoms with Crippen molar-refractivity contribution in [2.75, 3.05) is 13.7 Å². The highest BCUT2D eigenvalue weighted by molar-refractivity contribution is 6.30. The molecule has 21 nitrogen and oxygen atoms in total. The van der Waals surface area contributed by atoms with Crippen molar-refractivity contribution in [1.29, 1.82) is 0 Å². The number of halogens is 3. The summed E-state index contributed by atoms with van der Waals surface area (Å²) >= 11 is 5.63. The van der Waals surface area contributed by atoms with Gasteiger partial charge in [-0.2, -0.15) is 19.2 Å². The number of hydrogen-bond donors (Lipinski definition) is 4. The van der Waals surface area contributed by atoms with E-state index < -0.39 is 28.8 Å². The molecule has 0 saturated heterocycles. The third kappa shape index (κ3) is 17.2. The van der Waals surface area contributed by atoms with E-state index in [9.17, 15) is 29.2 Å². The van der Waals surface area contributed by atoms with Crippen LogP contribution in [0.25, 0.3) is 0 Å². The predicted octanol–water partition coefficient (Wildman–Crippen LogP) is 18.1. The van der Waals surface area contributed by atoms with Gasteiger partial charge in [0, 0.05) is 18.4 Å². The lowest BCUT2D eigenvalue weighted by molar-refractivity contribution is -0.159. The van der Waals surface area contributed by atoms with Crippen molar-refractivity contribution in [3.05, 3.63) is 73.9 Å². The average Bonchev–Trinajstić information content (AvgIpc) is 1.35. The van der Waals surface area contributed by atoms with Crippen molar-refractivity contribution in [2.45, 2.75) is 334 Å². The van der Waals surface area contributed by atoms with Crippen LogP contribution in [0.3, 0.4) is 0 Å². The van der Waals surface area contributed by atoms with Crippen LogP contribution in [0.1, 0.15) is 279 Å². The van der Waals surface area contributed by atoms with E-state index in [1.54, 1.807) is 26.3 Å². The van der Waals surface area contributed by atoms with Gasteiger partial charge in [0.1, 0.15) is 16.8 Å². The summed E-state index contributed by atoms with van der Waals surface area (Å²) in [4.78, 5) is 6.66. The van der Waals surface area contributed by atoms with Crippen molar-refractivity contribution in [3.8, 4) is 23.1 Å². The molecule has 4 aromatic heterocycles. The second kappa shape index (κ2) is 35.6. The van der Waals surface area contributed by atoms with Crippen LogP contribution in [0, 0.1) is 193 Å². The number of aromatic nitrogens is 16. The SMILES string of the molecule is C.C=C(Cn1ncnn1)[C@H]1CC[C@H]2[C@@H]3CC[C@@H]4C[C@](O)(C#CC5CC5)CC[C@@H]4[C@H]3CC[C@]12C.C=C(Cn1ncnn1)[C@H]1CC[C@H]2[C@@H]3CC[C@@H]4C[C@](O)(C#CCl)CC[C@@H]4[C@H]3CC[C@]12C.C=C(Cn1ncnn1)[C@H]1CC[C@H]2[C@@H]3CC[C@@H]4C[C@](O)(C(F)F)CC[C@@H]4[C@H]3CC[C@]12C.C=C(Cn1ncnn1)[C@H]1CC[C@H]2[C@@H]3CC[C@@H]4C[C@](O)(COC)CC[C@@H]4[C@H]3CC[C@]12C.